The second-order valence-electron chi connectivity index (χ2n) is 5.75. The molecular formula is C16H32N2O. The van der Waals surface area contributed by atoms with E-state index >= 15 is 0 Å². The van der Waals surface area contributed by atoms with E-state index in [2.05, 4.69) is 23.8 Å². The van der Waals surface area contributed by atoms with Crippen LogP contribution in [0.1, 0.15) is 52.9 Å². The lowest BCUT2D eigenvalue weighted by molar-refractivity contribution is -0.138. The Labute approximate surface area is 119 Å². The van der Waals surface area contributed by atoms with Gasteiger partial charge in [-0.15, -0.1) is 0 Å². The van der Waals surface area contributed by atoms with Gasteiger partial charge in [0.25, 0.3) is 0 Å². The standard InChI is InChI=1S/C14H26N2O.C2H6/c1-3-12-4-10-16(11-5-12)14(17)13-6-8-15(2)9-7-13;1-2/h12-13H,3-11H2,1-2H3;1-2H3. The summed E-state index contributed by atoms with van der Waals surface area (Å²) in [5.41, 5.74) is 0. The largest absolute Gasteiger partial charge is 0.342 e. The van der Waals surface area contributed by atoms with E-state index in [0.717, 1.165) is 44.9 Å². The van der Waals surface area contributed by atoms with Crippen LogP contribution in [-0.2, 0) is 4.79 Å². The van der Waals surface area contributed by atoms with E-state index in [1.165, 1.54) is 19.3 Å². The number of piperidine rings is 2. The van der Waals surface area contributed by atoms with Gasteiger partial charge >= 0.3 is 0 Å². The van der Waals surface area contributed by atoms with E-state index in [0.29, 0.717) is 11.8 Å². The molecule has 0 aromatic rings. The first kappa shape index (κ1) is 16.5. The van der Waals surface area contributed by atoms with E-state index in [4.69, 9.17) is 0 Å². The number of carbonyl (C=O) groups is 1. The van der Waals surface area contributed by atoms with Crippen molar-refractivity contribution in [3.05, 3.63) is 0 Å². The molecular weight excluding hydrogens is 236 g/mol. The molecule has 112 valence electrons. The molecule has 2 saturated heterocycles. The highest BCUT2D eigenvalue weighted by Crippen LogP contribution is 2.24. The maximum atomic E-state index is 12.4. The van der Waals surface area contributed by atoms with Crippen molar-refractivity contribution in [1.29, 1.82) is 0 Å². The van der Waals surface area contributed by atoms with E-state index in [-0.39, 0.29) is 0 Å². The zero-order chi connectivity index (χ0) is 14.3. The molecule has 0 bridgehead atoms. The Bertz CT molecular complexity index is 251. The summed E-state index contributed by atoms with van der Waals surface area (Å²) < 4.78 is 0. The second-order valence-corrected chi connectivity index (χ2v) is 5.75. The van der Waals surface area contributed by atoms with Crippen molar-refractivity contribution in [2.75, 3.05) is 33.2 Å². The first-order valence-corrected chi connectivity index (χ1v) is 8.18. The van der Waals surface area contributed by atoms with E-state index in [1.54, 1.807) is 0 Å². The molecule has 2 heterocycles. The molecule has 2 fully saturated rings. The first-order valence-electron chi connectivity index (χ1n) is 8.18. The number of amides is 1. The summed E-state index contributed by atoms with van der Waals surface area (Å²) in [5.74, 6) is 1.61. The van der Waals surface area contributed by atoms with Gasteiger partial charge < -0.3 is 9.80 Å². The molecule has 2 rings (SSSR count). The molecule has 0 aromatic heterocycles. The molecule has 0 atom stereocenters. The summed E-state index contributed by atoms with van der Waals surface area (Å²) in [6.45, 7) is 10.4. The van der Waals surface area contributed by atoms with Crippen LogP contribution in [0.15, 0.2) is 0 Å². The third kappa shape index (κ3) is 4.79. The number of nitrogens with zero attached hydrogens (tertiary/aromatic N) is 2. The van der Waals surface area contributed by atoms with Gasteiger partial charge in [0.15, 0.2) is 0 Å². The van der Waals surface area contributed by atoms with Crippen LogP contribution >= 0.6 is 0 Å². The molecule has 19 heavy (non-hydrogen) atoms. The normalized spacial score (nSPS) is 22.8. The third-order valence-corrected chi connectivity index (χ3v) is 4.57. The highest BCUT2D eigenvalue weighted by Gasteiger charge is 2.29. The zero-order valence-corrected chi connectivity index (χ0v) is 13.3. The van der Waals surface area contributed by atoms with Gasteiger partial charge in [-0.1, -0.05) is 27.2 Å². The summed E-state index contributed by atoms with van der Waals surface area (Å²) in [7, 11) is 2.15. The Hall–Kier alpha value is -0.570. The lowest BCUT2D eigenvalue weighted by atomic mass is 9.91. The van der Waals surface area contributed by atoms with Gasteiger partial charge in [-0.3, -0.25) is 4.79 Å². The third-order valence-electron chi connectivity index (χ3n) is 4.57. The minimum atomic E-state index is 0.310. The van der Waals surface area contributed by atoms with Crippen molar-refractivity contribution < 1.29 is 4.79 Å². The van der Waals surface area contributed by atoms with Crippen LogP contribution in [0, 0.1) is 11.8 Å². The molecule has 3 nitrogen and oxygen atoms in total. The van der Waals surface area contributed by atoms with Gasteiger partial charge in [0.1, 0.15) is 0 Å². The molecule has 0 radical (unpaired) electrons. The maximum absolute atomic E-state index is 12.4. The molecule has 0 N–H and O–H groups in total. The zero-order valence-electron chi connectivity index (χ0n) is 13.3. The van der Waals surface area contributed by atoms with Crippen LogP contribution in [0.25, 0.3) is 0 Å². The van der Waals surface area contributed by atoms with Crippen molar-refractivity contribution in [3.8, 4) is 0 Å². The van der Waals surface area contributed by atoms with Gasteiger partial charge in [-0.25, -0.2) is 0 Å². The Kier molecular flexibility index (Phi) is 7.44. The Morgan fingerprint density at radius 2 is 1.53 bits per heavy atom. The van der Waals surface area contributed by atoms with E-state index in [9.17, 15) is 4.79 Å². The van der Waals surface area contributed by atoms with Gasteiger partial charge in [0, 0.05) is 19.0 Å². The number of rotatable bonds is 2. The number of hydrogen-bond acceptors (Lipinski definition) is 2. The van der Waals surface area contributed by atoms with Gasteiger partial charge in [0.05, 0.1) is 0 Å². The average Bonchev–Trinajstić information content (AvgIpc) is 2.49. The smallest absolute Gasteiger partial charge is 0.225 e. The summed E-state index contributed by atoms with van der Waals surface area (Å²) in [4.78, 5) is 16.8. The summed E-state index contributed by atoms with van der Waals surface area (Å²) in [6.07, 6.45) is 5.83. The van der Waals surface area contributed by atoms with Crippen molar-refractivity contribution in [2.45, 2.75) is 52.9 Å². The fourth-order valence-electron chi connectivity index (χ4n) is 3.08. The number of likely N-dealkylation sites (tertiary alicyclic amines) is 2. The van der Waals surface area contributed by atoms with Crippen molar-refractivity contribution >= 4 is 5.91 Å². The predicted molar refractivity (Wildman–Crippen MR) is 81.2 cm³/mol. The maximum Gasteiger partial charge on any atom is 0.225 e. The molecule has 0 aromatic carbocycles. The second kappa shape index (κ2) is 8.57. The fraction of sp³-hybridized carbons (Fsp3) is 0.938. The van der Waals surface area contributed by atoms with Crippen LogP contribution in [0.4, 0.5) is 0 Å². The van der Waals surface area contributed by atoms with Gasteiger partial charge in [0.2, 0.25) is 5.91 Å². The van der Waals surface area contributed by atoms with Crippen molar-refractivity contribution in [1.82, 2.24) is 9.80 Å². The van der Waals surface area contributed by atoms with Gasteiger partial charge in [-0.2, -0.15) is 0 Å². The minimum absolute atomic E-state index is 0.310. The van der Waals surface area contributed by atoms with E-state index < -0.39 is 0 Å². The number of hydrogen-bond donors (Lipinski definition) is 0. The Balaban J connectivity index is 0.000000861. The monoisotopic (exact) mass is 268 g/mol. The number of carbonyl (C=O) groups excluding carboxylic acids is 1. The molecule has 0 spiro atoms. The van der Waals surface area contributed by atoms with Gasteiger partial charge in [-0.05, 0) is 51.7 Å². The summed E-state index contributed by atoms with van der Waals surface area (Å²) in [6, 6.07) is 0. The SMILES string of the molecule is CC.CCC1CCN(C(=O)C2CCN(C)CC2)CC1. The Morgan fingerprint density at radius 1 is 1.00 bits per heavy atom. The minimum Gasteiger partial charge on any atom is -0.342 e. The molecule has 0 aliphatic carbocycles. The Morgan fingerprint density at radius 3 is 2.00 bits per heavy atom. The lowest BCUT2D eigenvalue weighted by Crippen LogP contribution is -2.44. The van der Waals surface area contributed by atoms with Crippen LogP contribution in [-0.4, -0.2) is 48.9 Å². The highest BCUT2D eigenvalue weighted by atomic mass is 16.2. The molecule has 3 heteroatoms. The molecule has 0 saturated carbocycles. The molecule has 0 unspecified atom stereocenters. The quantitative estimate of drug-likeness (QED) is 0.768. The predicted octanol–water partition coefficient (Wildman–Crippen LogP) is 3.00. The van der Waals surface area contributed by atoms with E-state index in [1.807, 2.05) is 13.8 Å². The first-order chi connectivity index (χ1) is 9.20. The fourth-order valence-corrected chi connectivity index (χ4v) is 3.08. The van der Waals surface area contributed by atoms with Crippen LogP contribution in [0.5, 0.6) is 0 Å². The van der Waals surface area contributed by atoms with Crippen LogP contribution < -0.4 is 0 Å². The summed E-state index contributed by atoms with van der Waals surface area (Å²) in [5, 5.41) is 0. The molecule has 2 aliphatic rings. The lowest BCUT2D eigenvalue weighted by Gasteiger charge is -2.36. The highest BCUT2D eigenvalue weighted by molar-refractivity contribution is 5.79. The van der Waals surface area contributed by atoms with Crippen LogP contribution in [0.2, 0.25) is 0 Å². The van der Waals surface area contributed by atoms with Crippen molar-refractivity contribution in [2.24, 2.45) is 11.8 Å². The topological polar surface area (TPSA) is 23.6 Å². The molecule has 2 aliphatic heterocycles. The van der Waals surface area contributed by atoms with Crippen LogP contribution in [0.3, 0.4) is 0 Å². The average molecular weight is 268 g/mol. The summed E-state index contributed by atoms with van der Waals surface area (Å²) >= 11 is 0. The molecule has 1 amide bonds. The van der Waals surface area contributed by atoms with Crippen molar-refractivity contribution in [3.63, 3.8) is 0 Å².